The molecule has 0 aliphatic carbocycles. The first-order valence-corrected chi connectivity index (χ1v) is 10.5. The van der Waals surface area contributed by atoms with Crippen molar-refractivity contribution in [1.82, 2.24) is 0 Å². The Kier molecular flexibility index (Phi) is 6.86. The van der Waals surface area contributed by atoms with Gasteiger partial charge in [0.2, 0.25) is 5.71 Å². The van der Waals surface area contributed by atoms with Crippen LogP contribution in [0.2, 0.25) is 0 Å². The maximum absolute atomic E-state index is 14.4. The van der Waals surface area contributed by atoms with Crippen molar-refractivity contribution in [3.8, 4) is 5.75 Å². The predicted octanol–water partition coefficient (Wildman–Crippen LogP) is 2.74. The quantitative estimate of drug-likeness (QED) is 0.572. The molecule has 4 heteroatoms. The summed E-state index contributed by atoms with van der Waals surface area (Å²) in [7, 11) is 1.70. The molecule has 3 aromatic rings. The van der Waals surface area contributed by atoms with E-state index in [0.717, 1.165) is 35.6 Å². The maximum atomic E-state index is 14.4. The second-order valence-corrected chi connectivity index (χ2v) is 8.96. The van der Waals surface area contributed by atoms with E-state index in [1.165, 1.54) is 22.8 Å². The minimum atomic E-state index is -0.152. The molecule has 1 aliphatic rings. The first kappa shape index (κ1) is 23.0. The Morgan fingerprint density at radius 3 is 2.32 bits per heavy atom. The number of hydrogen-bond donors (Lipinski definition) is 0. The van der Waals surface area contributed by atoms with Gasteiger partial charge in [-0.1, -0.05) is 45.0 Å². The van der Waals surface area contributed by atoms with Crippen molar-refractivity contribution in [2.45, 2.75) is 39.2 Å². The van der Waals surface area contributed by atoms with Crippen LogP contribution < -0.4 is 17.1 Å². The molecule has 0 atom stereocenters. The summed E-state index contributed by atoms with van der Waals surface area (Å²) < 4.78 is 22.1. The third kappa shape index (κ3) is 4.83. The number of ether oxygens (including phenoxy) is 1. The lowest BCUT2D eigenvalue weighted by Gasteiger charge is -2.22. The molecule has 31 heavy (non-hydrogen) atoms. The highest BCUT2D eigenvalue weighted by molar-refractivity contribution is 6.11. The molecule has 4 rings (SSSR count). The molecular weight excluding hydrogens is 409 g/mol. The number of halogens is 2. The van der Waals surface area contributed by atoms with E-state index in [1.807, 2.05) is 18.2 Å². The Labute approximate surface area is 190 Å². The molecule has 0 spiro atoms. The fourth-order valence-electron chi connectivity index (χ4n) is 4.13. The van der Waals surface area contributed by atoms with Crippen molar-refractivity contribution in [3.05, 3.63) is 100 Å². The molecule has 0 amide bonds. The van der Waals surface area contributed by atoms with Gasteiger partial charge in [-0.3, -0.25) is 0 Å². The molecule has 162 valence electrons. The Balaban J connectivity index is 0.00000272. The first-order valence-electron chi connectivity index (χ1n) is 10.5. The van der Waals surface area contributed by atoms with Crippen LogP contribution in [0.1, 0.15) is 48.6 Å². The van der Waals surface area contributed by atoms with Crippen LogP contribution in [0.3, 0.4) is 0 Å². The van der Waals surface area contributed by atoms with Crippen LogP contribution in [0.25, 0.3) is 0 Å². The van der Waals surface area contributed by atoms with E-state index < -0.39 is 0 Å². The highest BCUT2D eigenvalue weighted by Crippen LogP contribution is 2.28. The number of fused-ring (bicyclic) bond motifs is 1. The SMILES string of the molecule is COc1ccc2c(c1)CC[N+](Cc1ccccc1F)=C2c1ccc(C(C)(C)C)cc1.[Cl-]. The second-order valence-electron chi connectivity index (χ2n) is 8.96. The van der Waals surface area contributed by atoms with Crippen molar-refractivity contribution >= 4 is 5.71 Å². The lowest BCUT2D eigenvalue weighted by Crippen LogP contribution is -3.00. The summed E-state index contributed by atoms with van der Waals surface area (Å²) in [5, 5.41) is 0. The zero-order chi connectivity index (χ0) is 21.3. The molecule has 0 saturated heterocycles. The number of benzene rings is 3. The Bertz CT molecular complexity index is 1100. The first-order chi connectivity index (χ1) is 14.4. The summed E-state index contributed by atoms with van der Waals surface area (Å²) in [5.74, 6) is 0.721. The molecule has 0 saturated carbocycles. The van der Waals surface area contributed by atoms with Gasteiger partial charge in [0.15, 0.2) is 6.54 Å². The van der Waals surface area contributed by atoms with Crippen molar-refractivity contribution in [3.63, 3.8) is 0 Å². The third-order valence-corrected chi connectivity index (χ3v) is 5.88. The second kappa shape index (κ2) is 9.23. The Morgan fingerprint density at radius 1 is 0.968 bits per heavy atom. The molecule has 0 bridgehead atoms. The van der Waals surface area contributed by atoms with E-state index in [1.54, 1.807) is 13.2 Å². The minimum absolute atomic E-state index is 0. The van der Waals surface area contributed by atoms with Gasteiger partial charge in [0, 0.05) is 12.0 Å². The van der Waals surface area contributed by atoms with Crippen molar-refractivity contribution in [2.75, 3.05) is 13.7 Å². The molecule has 0 N–H and O–H groups in total. The zero-order valence-corrected chi connectivity index (χ0v) is 19.3. The molecule has 0 fully saturated rings. The van der Waals surface area contributed by atoms with Gasteiger partial charge in [0.25, 0.3) is 0 Å². The molecule has 0 aromatic heterocycles. The largest absolute Gasteiger partial charge is 1.00 e. The Hall–Kier alpha value is -2.65. The predicted molar refractivity (Wildman–Crippen MR) is 120 cm³/mol. The number of methoxy groups -OCH3 is 1. The third-order valence-electron chi connectivity index (χ3n) is 5.88. The van der Waals surface area contributed by atoms with Crippen LogP contribution in [0.5, 0.6) is 5.75 Å². The van der Waals surface area contributed by atoms with E-state index in [-0.39, 0.29) is 23.6 Å². The zero-order valence-electron chi connectivity index (χ0n) is 18.6. The fraction of sp³-hybridized carbons (Fsp3) is 0.296. The normalized spacial score (nSPS) is 13.5. The average Bonchev–Trinajstić information content (AvgIpc) is 2.74. The topological polar surface area (TPSA) is 12.2 Å². The summed E-state index contributed by atoms with van der Waals surface area (Å²) in [6.07, 6.45) is 0.907. The number of rotatable bonds is 4. The van der Waals surface area contributed by atoms with E-state index in [4.69, 9.17) is 4.74 Å². The molecule has 3 aromatic carbocycles. The number of nitrogens with zero attached hydrogens (tertiary/aromatic N) is 1. The Morgan fingerprint density at radius 2 is 1.68 bits per heavy atom. The molecule has 0 unspecified atom stereocenters. The van der Waals surface area contributed by atoms with Crippen molar-refractivity contribution in [1.29, 1.82) is 0 Å². The summed E-state index contributed by atoms with van der Waals surface area (Å²) in [5.41, 5.74) is 6.91. The standard InChI is InChI=1S/C27H29FNO.ClH/c1-27(2,3)22-11-9-19(10-12-22)26-24-14-13-23(30-4)17-20(24)15-16-29(26)18-21-7-5-6-8-25(21)28;/h5-14,17H,15-16,18H2,1-4H3;1H/q+1;/p-1. The van der Waals surface area contributed by atoms with Gasteiger partial charge in [-0.2, -0.15) is 0 Å². The van der Waals surface area contributed by atoms with Gasteiger partial charge in [-0.05, 0) is 59.0 Å². The maximum Gasteiger partial charge on any atom is 0.215 e. The van der Waals surface area contributed by atoms with Crippen LogP contribution in [0.4, 0.5) is 4.39 Å². The van der Waals surface area contributed by atoms with Gasteiger partial charge >= 0.3 is 0 Å². The average molecular weight is 438 g/mol. The molecule has 2 nitrogen and oxygen atoms in total. The molecule has 1 aliphatic heterocycles. The summed E-state index contributed by atoms with van der Waals surface area (Å²) >= 11 is 0. The monoisotopic (exact) mass is 437 g/mol. The van der Waals surface area contributed by atoms with Crippen LogP contribution in [-0.4, -0.2) is 23.9 Å². The molecule has 1 heterocycles. The highest BCUT2D eigenvalue weighted by Gasteiger charge is 2.28. The summed E-state index contributed by atoms with van der Waals surface area (Å²) in [4.78, 5) is 0. The van der Waals surface area contributed by atoms with Crippen LogP contribution >= 0.6 is 0 Å². The van der Waals surface area contributed by atoms with Gasteiger partial charge < -0.3 is 17.1 Å². The highest BCUT2D eigenvalue weighted by atomic mass is 35.5. The molecular formula is C27H29ClFNO. The van der Waals surface area contributed by atoms with Gasteiger partial charge in [-0.25, -0.2) is 8.97 Å². The van der Waals surface area contributed by atoms with Crippen LogP contribution in [-0.2, 0) is 18.4 Å². The summed E-state index contributed by atoms with van der Waals surface area (Å²) in [6.45, 7) is 8.06. The number of hydrogen-bond acceptors (Lipinski definition) is 1. The minimum Gasteiger partial charge on any atom is -1.00 e. The van der Waals surface area contributed by atoms with Crippen molar-refractivity contribution < 1.29 is 26.1 Å². The van der Waals surface area contributed by atoms with E-state index in [2.05, 4.69) is 61.7 Å². The lowest BCUT2D eigenvalue weighted by molar-refractivity contribution is -0.544. The summed E-state index contributed by atoms with van der Waals surface area (Å²) in [6, 6.07) is 22.1. The van der Waals surface area contributed by atoms with Gasteiger partial charge in [0.1, 0.15) is 18.1 Å². The van der Waals surface area contributed by atoms with Gasteiger partial charge in [0.05, 0.1) is 18.2 Å². The van der Waals surface area contributed by atoms with E-state index in [9.17, 15) is 4.39 Å². The van der Waals surface area contributed by atoms with E-state index in [0.29, 0.717) is 6.54 Å². The smallest absolute Gasteiger partial charge is 0.215 e. The van der Waals surface area contributed by atoms with Crippen LogP contribution in [0, 0.1) is 5.82 Å². The van der Waals surface area contributed by atoms with Crippen LogP contribution in [0.15, 0.2) is 66.7 Å². The van der Waals surface area contributed by atoms with Crippen molar-refractivity contribution in [2.24, 2.45) is 0 Å². The fourth-order valence-corrected chi connectivity index (χ4v) is 4.13. The van der Waals surface area contributed by atoms with E-state index >= 15 is 0 Å². The molecule has 0 radical (unpaired) electrons. The van der Waals surface area contributed by atoms with Gasteiger partial charge in [-0.15, -0.1) is 0 Å². The lowest BCUT2D eigenvalue weighted by atomic mass is 9.85.